The molecule has 0 aliphatic heterocycles. The summed E-state index contributed by atoms with van der Waals surface area (Å²) in [5, 5.41) is 13.8. The molecule has 2 aromatic carbocycles. The van der Waals surface area contributed by atoms with Crippen molar-refractivity contribution in [3.63, 3.8) is 0 Å². The lowest BCUT2D eigenvalue weighted by atomic mass is 10.1. The molecule has 0 atom stereocenters. The maximum absolute atomic E-state index is 13.2. The molecule has 0 radical (unpaired) electrons. The first kappa shape index (κ1) is 15.6. The number of nitro benzene ring substituents is 1. The Labute approximate surface area is 130 Å². The molecule has 0 fully saturated rings. The number of hydrogen-bond donors (Lipinski definition) is 1. The van der Waals surface area contributed by atoms with Gasteiger partial charge < -0.3 is 5.32 Å². The molecule has 0 aromatic heterocycles. The van der Waals surface area contributed by atoms with Gasteiger partial charge in [0.05, 0.1) is 4.92 Å². The molecule has 21 heavy (non-hydrogen) atoms. The molecule has 1 N–H and O–H groups in total. The summed E-state index contributed by atoms with van der Waals surface area (Å²) in [6, 6.07) is 11.3. The summed E-state index contributed by atoms with van der Waals surface area (Å²) in [6.07, 6.45) is 0.758. The largest absolute Gasteiger partial charge is 0.312 e. The van der Waals surface area contributed by atoms with E-state index in [-0.39, 0.29) is 11.5 Å². The maximum atomic E-state index is 13.2. The van der Waals surface area contributed by atoms with Gasteiger partial charge >= 0.3 is 0 Å². The van der Waals surface area contributed by atoms with E-state index in [1.807, 2.05) is 6.07 Å². The molecule has 0 unspecified atom stereocenters. The highest BCUT2D eigenvalue weighted by Crippen LogP contribution is 2.15. The summed E-state index contributed by atoms with van der Waals surface area (Å²) in [5.74, 6) is -0.267. The van der Waals surface area contributed by atoms with Crippen molar-refractivity contribution in [1.29, 1.82) is 0 Å². The van der Waals surface area contributed by atoms with Crippen LogP contribution in [0.5, 0.6) is 0 Å². The highest BCUT2D eigenvalue weighted by Gasteiger charge is 2.04. The molecule has 0 bridgehead atoms. The highest BCUT2D eigenvalue weighted by atomic mass is 79.9. The van der Waals surface area contributed by atoms with Crippen LogP contribution in [0.15, 0.2) is 46.9 Å². The lowest BCUT2D eigenvalue weighted by Crippen LogP contribution is -2.16. The summed E-state index contributed by atoms with van der Waals surface area (Å²) < 4.78 is 13.9. The molecule has 0 spiro atoms. The zero-order chi connectivity index (χ0) is 15.2. The van der Waals surface area contributed by atoms with Crippen molar-refractivity contribution in [2.45, 2.75) is 13.0 Å². The molecule has 2 rings (SSSR count). The molecule has 110 valence electrons. The fraction of sp³-hybridized carbons (Fsp3) is 0.200. The van der Waals surface area contributed by atoms with Crippen LogP contribution < -0.4 is 5.32 Å². The van der Waals surface area contributed by atoms with Crippen molar-refractivity contribution in [1.82, 2.24) is 5.32 Å². The van der Waals surface area contributed by atoms with E-state index in [0.717, 1.165) is 22.0 Å². The average Bonchev–Trinajstić information content (AvgIpc) is 2.43. The monoisotopic (exact) mass is 352 g/mol. The molecule has 4 nitrogen and oxygen atoms in total. The third-order valence-electron chi connectivity index (χ3n) is 2.99. The number of nitro groups is 1. The van der Waals surface area contributed by atoms with E-state index >= 15 is 0 Å². The summed E-state index contributed by atoms with van der Waals surface area (Å²) in [6.45, 7) is 1.29. The van der Waals surface area contributed by atoms with Crippen LogP contribution in [0.2, 0.25) is 0 Å². The second-order valence-electron chi connectivity index (χ2n) is 4.63. The predicted molar refractivity (Wildman–Crippen MR) is 82.6 cm³/mol. The van der Waals surface area contributed by atoms with E-state index in [1.54, 1.807) is 12.1 Å². The third-order valence-corrected chi connectivity index (χ3v) is 3.45. The third kappa shape index (κ3) is 4.91. The number of halogens is 2. The van der Waals surface area contributed by atoms with Crippen LogP contribution in [0.3, 0.4) is 0 Å². The van der Waals surface area contributed by atoms with Crippen molar-refractivity contribution in [3.8, 4) is 0 Å². The minimum Gasteiger partial charge on any atom is -0.312 e. The number of non-ortho nitro benzene ring substituents is 1. The molecule has 0 aliphatic carbocycles. The molecule has 0 amide bonds. The van der Waals surface area contributed by atoms with Crippen LogP contribution in [-0.4, -0.2) is 11.5 Å². The van der Waals surface area contributed by atoms with Crippen molar-refractivity contribution in [2.24, 2.45) is 0 Å². The Kier molecular flexibility index (Phi) is 5.41. The standard InChI is InChI=1S/C15H14BrFN2O2/c16-13-7-12(8-14(17)9-13)10-18-6-5-11-1-3-15(4-2-11)19(20)21/h1-4,7-9,18H,5-6,10H2. The van der Waals surface area contributed by atoms with Gasteiger partial charge in [0.1, 0.15) is 5.82 Å². The molecular formula is C15H14BrFN2O2. The van der Waals surface area contributed by atoms with Gasteiger partial charge in [0.2, 0.25) is 0 Å². The van der Waals surface area contributed by atoms with Gasteiger partial charge in [-0.05, 0) is 42.3 Å². The topological polar surface area (TPSA) is 55.2 Å². The number of nitrogens with one attached hydrogen (secondary N) is 1. The zero-order valence-electron chi connectivity index (χ0n) is 11.2. The van der Waals surface area contributed by atoms with Crippen LogP contribution >= 0.6 is 15.9 Å². The normalized spacial score (nSPS) is 10.6. The van der Waals surface area contributed by atoms with E-state index in [1.165, 1.54) is 24.3 Å². The number of hydrogen-bond acceptors (Lipinski definition) is 3. The second kappa shape index (κ2) is 7.28. The van der Waals surface area contributed by atoms with Crippen LogP contribution in [0.1, 0.15) is 11.1 Å². The lowest BCUT2D eigenvalue weighted by Gasteiger charge is -2.06. The molecule has 0 saturated heterocycles. The Morgan fingerprint density at radius 1 is 1.14 bits per heavy atom. The number of rotatable bonds is 6. The van der Waals surface area contributed by atoms with Crippen molar-refractivity contribution in [2.75, 3.05) is 6.54 Å². The molecule has 0 heterocycles. The molecule has 0 saturated carbocycles. The Morgan fingerprint density at radius 2 is 1.86 bits per heavy atom. The second-order valence-corrected chi connectivity index (χ2v) is 5.54. The first-order chi connectivity index (χ1) is 10.0. The minimum atomic E-state index is -0.413. The van der Waals surface area contributed by atoms with Gasteiger partial charge in [0.15, 0.2) is 0 Å². The predicted octanol–water partition coefficient (Wildman–Crippen LogP) is 3.83. The van der Waals surface area contributed by atoms with Crippen LogP contribution in [-0.2, 0) is 13.0 Å². The Bertz CT molecular complexity index is 612. The Balaban J connectivity index is 1.80. The van der Waals surface area contributed by atoms with Crippen LogP contribution in [0.4, 0.5) is 10.1 Å². The van der Waals surface area contributed by atoms with Crippen molar-refractivity contribution < 1.29 is 9.31 Å². The van der Waals surface area contributed by atoms with E-state index < -0.39 is 4.92 Å². The molecule has 0 aliphatic rings. The first-order valence-electron chi connectivity index (χ1n) is 6.43. The van der Waals surface area contributed by atoms with Gasteiger partial charge in [0.25, 0.3) is 5.69 Å². The van der Waals surface area contributed by atoms with Crippen LogP contribution in [0, 0.1) is 15.9 Å². The molecular weight excluding hydrogens is 339 g/mol. The fourth-order valence-corrected chi connectivity index (χ4v) is 2.48. The Morgan fingerprint density at radius 3 is 2.48 bits per heavy atom. The van der Waals surface area contributed by atoms with E-state index in [2.05, 4.69) is 21.2 Å². The summed E-state index contributed by atoms with van der Waals surface area (Å²) >= 11 is 3.25. The first-order valence-corrected chi connectivity index (χ1v) is 7.23. The van der Waals surface area contributed by atoms with E-state index in [0.29, 0.717) is 13.1 Å². The van der Waals surface area contributed by atoms with Gasteiger partial charge in [0, 0.05) is 23.2 Å². The maximum Gasteiger partial charge on any atom is 0.269 e. The smallest absolute Gasteiger partial charge is 0.269 e. The SMILES string of the molecule is O=[N+]([O-])c1ccc(CCNCc2cc(F)cc(Br)c2)cc1. The lowest BCUT2D eigenvalue weighted by molar-refractivity contribution is -0.384. The number of nitrogens with zero attached hydrogens (tertiary/aromatic N) is 1. The average molecular weight is 353 g/mol. The van der Waals surface area contributed by atoms with Gasteiger partial charge in [-0.15, -0.1) is 0 Å². The summed E-state index contributed by atoms with van der Waals surface area (Å²) in [5.41, 5.74) is 1.98. The van der Waals surface area contributed by atoms with Crippen molar-refractivity contribution >= 4 is 21.6 Å². The molecule has 2 aromatic rings. The fourth-order valence-electron chi connectivity index (χ4n) is 1.96. The highest BCUT2D eigenvalue weighted by molar-refractivity contribution is 9.10. The van der Waals surface area contributed by atoms with E-state index in [4.69, 9.17) is 0 Å². The number of benzene rings is 2. The van der Waals surface area contributed by atoms with Gasteiger partial charge in [-0.25, -0.2) is 4.39 Å². The van der Waals surface area contributed by atoms with Crippen LogP contribution in [0.25, 0.3) is 0 Å². The minimum absolute atomic E-state index is 0.0938. The van der Waals surface area contributed by atoms with Gasteiger partial charge in [-0.1, -0.05) is 28.1 Å². The van der Waals surface area contributed by atoms with Gasteiger partial charge in [-0.2, -0.15) is 0 Å². The zero-order valence-corrected chi connectivity index (χ0v) is 12.8. The van der Waals surface area contributed by atoms with E-state index in [9.17, 15) is 14.5 Å². The summed E-state index contributed by atoms with van der Waals surface area (Å²) in [7, 11) is 0. The molecule has 6 heteroatoms. The summed E-state index contributed by atoms with van der Waals surface area (Å²) in [4.78, 5) is 10.1. The Hall–Kier alpha value is -1.79. The van der Waals surface area contributed by atoms with Gasteiger partial charge in [-0.3, -0.25) is 10.1 Å². The quantitative estimate of drug-likeness (QED) is 0.488. The van der Waals surface area contributed by atoms with Crippen molar-refractivity contribution in [3.05, 3.63) is 74.0 Å².